The second kappa shape index (κ2) is 7.88. The van der Waals surface area contributed by atoms with Gasteiger partial charge in [0.15, 0.2) is 0 Å². The fraction of sp³-hybridized carbons (Fsp3) is 0.579. The van der Waals surface area contributed by atoms with E-state index in [-0.39, 0.29) is 16.7 Å². The standard InChI is InChI=1S/C19H27N3O3S/c1-14(23)22-17(13-26-19(22)7-9-21(2)10-8-19)18(24)20-12-15-5-4-6-16(11-15)25-3/h4-6,11,17H,7-10,12-13H2,1-3H3,(H,20,24). The van der Waals surface area contributed by atoms with Crippen LogP contribution in [0.15, 0.2) is 24.3 Å². The third-order valence-corrected chi connectivity index (χ3v) is 6.90. The Morgan fingerprint density at radius 3 is 2.73 bits per heavy atom. The van der Waals surface area contributed by atoms with Gasteiger partial charge in [0.05, 0.1) is 12.0 Å². The van der Waals surface area contributed by atoms with Crippen molar-refractivity contribution in [3.8, 4) is 5.75 Å². The van der Waals surface area contributed by atoms with E-state index in [1.54, 1.807) is 25.8 Å². The highest BCUT2D eigenvalue weighted by Crippen LogP contribution is 2.46. The SMILES string of the molecule is COc1cccc(CNC(=O)C2CSC3(CCN(C)CC3)N2C(C)=O)c1. The molecule has 1 unspecified atom stereocenters. The molecule has 2 heterocycles. The van der Waals surface area contributed by atoms with Gasteiger partial charge in [0.25, 0.3) is 0 Å². The average Bonchev–Trinajstić information content (AvgIpc) is 3.02. The van der Waals surface area contributed by atoms with Gasteiger partial charge in [-0.05, 0) is 37.6 Å². The van der Waals surface area contributed by atoms with Crippen LogP contribution in [-0.2, 0) is 16.1 Å². The summed E-state index contributed by atoms with van der Waals surface area (Å²) in [7, 11) is 3.72. The lowest BCUT2D eigenvalue weighted by Crippen LogP contribution is -2.57. The van der Waals surface area contributed by atoms with Crippen LogP contribution in [0, 0.1) is 0 Å². The first-order valence-corrected chi connectivity index (χ1v) is 9.97. The molecule has 0 radical (unpaired) electrons. The molecule has 2 amide bonds. The van der Waals surface area contributed by atoms with Crippen molar-refractivity contribution in [2.45, 2.75) is 37.2 Å². The molecule has 2 fully saturated rings. The average molecular weight is 378 g/mol. The number of amides is 2. The van der Waals surface area contributed by atoms with Crippen LogP contribution < -0.4 is 10.1 Å². The van der Waals surface area contributed by atoms with Crippen LogP contribution in [0.1, 0.15) is 25.3 Å². The summed E-state index contributed by atoms with van der Waals surface area (Å²) in [4.78, 5) is 29.1. The molecule has 1 aromatic rings. The zero-order valence-electron chi connectivity index (χ0n) is 15.7. The molecule has 1 spiro atoms. The van der Waals surface area contributed by atoms with E-state index in [4.69, 9.17) is 4.74 Å². The number of nitrogens with one attached hydrogen (secondary N) is 1. The Bertz CT molecular complexity index is 674. The lowest BCUT2D eigenvalue weighted by Gasteiger charge is -2.44. The Kier molecular flexibility index (Phi) is 5.77. The Hall–Kier alpha value is -1.73. The topological polar surface area (TPSA) is 61.9 Å². The summed E-state index contributed by atoms with van der Waals surface area (Å²) in [5.74, 6) is 1.34. The van der Waals surface area contributed by atoms with Gasteiger partial charge in [0.2, 0.25) is 11.8 Å². The molecule has 1 atom stereocenters. The van der Waals surface area contributed by atoms with E-state index in [1.807, 2.05) is 29.2 Å². The highest BCUT2D eigenvalue weighted by Gasteiger charge is 2.51. The number of hydrogen-bond donors (Lipinski definition) is 1. The summed E-state index contributed by atoms with van der Waals surface area (Å²) in [5, 5.41) is 3.00. The molecular weight excluding hydrogens is 350 g/mol. The lowest BCUT2D eigenvalue weighted by atomic mass is 10.0. The zero-order valence-corrected chi connectivity index (χ0v) is 16.5. The van der Waals surface area contributed by atoms with Crippen molar-refractivity contribution in [2.24, 2.45) is 0 Å². The molecular formula is C19H27N3O3S. The smallest absolute Gasteiger partial charge is 0.243 e. The number of thioether (sulfide) groups is 1. The van der Waals surface area contributed by atoms with Crippen LogP contribution in [0.5, 0.6) is 5.75 Å². The van der Waals surface area contributed by atoms with E-state index in [0.717, 1.165) is 37.2 Å². The van der Waals surface area contributed by atoms with Gasteiger partial charge in [0.1, 0.15) is 11.8 Å². The molecule has 1 aromatic carbocycles. The highest BCUT2D eigenvalue weighted by atomic mass is 32.2. The van der Waals surface area contributed by atoms with E-state index in [9.17, 15) is 9.59 Å². The van der Waals surface area contributed by atoms with Gasteiger partial charge < -0.3 is 19.9 Å². The zero-order chi connectivity index (χ0) is 18.7. The molecule has 7 heteroatoms. The number of likely N-dealkylation sites (tertiary alicyclic amines) is 1. The molecule has 3 rings (SSSR count). The largest absolute Gasteiger partial charge is 0.497 e. The summed E-state index contributed by atoms with van der Waals surface area (Å²) in [6.07, 6.45) is 1.82. The molecule has 0 aromatic heterocycles. The fourth-order valence-corrected chi connectivity index (χ4v) is 5.44. The van der Waals surface area contributed by atoms with Gasteiger partial charge in [-0.25, -0.2) is 0 Å². The van der Waals surface area contributed by atoms with Crippen molar-refractivity contribution >= 4 is 23.6 Å². The minimum absolute atomic E-state index is 0.0129. The number of ether oxygens (including phenoxy) is 1. The lowest BCUT2D eigenvalue weighted by molar-refractivity contribution is -0.142. The first kappa shape index (κ1) is 19.0. The number of rotatable bonds is 4. The number of methoxy groups -OCH3 is 1. The van der Waals surface area contributed by atoms with Crippen molar-refractivity contribution in [2.75, 3.05) is 33.0 Å². The fourth-order valence-electron chi connectivity index (χ4n) is 3.80. The Labute approximate surface area is 159 Å². The van der Waals surface area contributed by atoms with Crippen LogP contribution in [0.3, 0.4) is 0 Å². The summed E-state index contributed by atoms with van der Waals surface area (Å²) in [5.41, 5.74) is 0.978. The number of benzene rings is 1. The molecule has 0 aliphatic carbocycles. The van der Waals surface area contributed by atoms with Crippen molar-refractivity contribution in [3.05, 3.63) is 29.8 Å². The third kappa shape index (κ3) is 3.83. The molecule has 2 aliphatic heterocycles. The number of piperidine rings is 1. The predicted octanol–water partition coefficient (Wildman–Crippen LogP) is 1.70. The first-order chi connectivity index (χ1) is 12.4. The molecule has 6 nitrogen and oxygen atoms in total. The van der Waals surface area contributed by atoms with Crippen molar-refractivity contribution < 1.29 is 14.3 Å². The minimum atomic E-state index is -0.397. The maximum absolute atomic E-state index is 12.8. The molecule has 0 bridgehead atoms. The van der Waals surface area contributed by atoms with Gasteiger partial charge in [-0.15, -0.1) is 11.8 Å². The Morgan fingerprint density at radius 2 is 2.08 bits per heavy atom. The van der Waals surface area contributed by atoms with E-state index in [2.05, 4.69) is 17.3 Å². The van der Waals surface area contributed by atoms with Crippen LogP contribution >= 0.6 is 11.8 Å². The maximum Gasteiger partial charge on any atom is 0.243 e. The number of carbonyl (C=O) groups is 2. The normalized spacial score (nSPS) is 22.4. The van der Waals surface area contributed by atoms with Gasteiger partial charge in [0, 0.05) is 32.3 Å². The molecule has 2 aliphatic rings. The van der Waals surface area contributed by atoms with Crippen LogP contribution in [-0.4, -0.2) is 65.5 Å². The number of nitrogens with zero attached hydrogens (tertiary/aromatic N) is 2. The van der Waals surface area contributed by atoms with Gasteiger partial charge in [-0.1, -0.05) is 12.1 Å². The number of hydrogen-bond acceptors (Lipinski definition) is 5. The van der Waals surface area contributed by atoms with Crippen molar-refractivity contribution in [1.82, 2.24) is 15.1 Å². The maximum atomic E-state index is 12.8. The molecule has 1 N–H and O–H groups in total. The predicted molar refractivity (Wildman–Crippen MR) is 103 cm³/mol. The summed E-state index contributed by atoms with van der Waals surface area (Å²) in [6.45, 7) is 3.91. The molecule has 142 valence electrons. The quantitative estimate of drug-likeness (QED) is 0.865. The molecule has 2 saturated heterocycles. The second-order valence-electron chi connectivity index (χ2n) is 7.03. The second-order valence-corrected chi connectivity index (χ2v) is 8.42. The van der Waals surface area contributed by atoms with E-state index in [1.165, 1.54) is 0 Å². The van der Waals surface area contributed by atoms with E-state index in [0.29, 0.717) is 12.3 Å². The Morgan fingerprint density at radius 1 is 1.35 bits per heavy atom. The van der Waals surface area contributed by atoms with Crippen LogP contribution in [0.2, 0.25) is 0 Å². The Balaban J connectivity index is 1.67. The summed E-state index contributed by atoms with van der Waals surface area (Å²) >= 11 is 1.77. The van der Waals surface area contributed by atoms with Crippen LogP contribution in [0.25, 0.3) is 0 Å². The van der Waals surface area contributed by atoms with Gasteiger partial charge in [-0.3, -0.25) is 9.59 Å². The van der Waals surface area contributed by atoms with Gasteiger partial charge in [-0.2, -0.15) is 0 Å². The first-order valence-electron chi connectivity index (χ1n) is 8.98. The minimum Gasteiger partial charge on any atom is -0.497 e. The van der Waals surface area contributed by atoms with Crippen LogP contribution in [0.4, 0.5) is 0 Å². The molecule has 0 saturated carbocycles. The molecule has 26 heavy (non-hydrogen) atoms. The summed E-state index contributed by atoms with van der Waals surface area (Å²) in [6, 6.07) is 7.24. The van der Waals surface area contributed by atoms with Crippen molar-refractivity contribution in [1.29, 1.82) is 0 Å². The third-order valence-electron chi connectivity index (χ3n) is 5.27. The van der Waals surface area contributed by atoms with Gasteiger partial charge >= 0.3 is 0 Å². The number of carbonyl (C=O) groups excluding carboxylic acids is 2. The van der Waals surface area contributed by atoms with E-state index >= 15 is 0 Å². The monoisotopic (exact) mass is 377 g/mol. The highest BCUT2D eigenvalue weighted by molar-refractivity contribution is 8.01. The van der Waals surface area contributed by atoms with Crippen molar-refractivity contribution in [3.63, 3.8) is 0 Å². The van der Waals surface area contributed by atoms with E-state index < -0.39 is 6.04 Å². The summed E-state index contributed by atoms with van der Waals surface area (Å²) < 4.78 is 5.22.